The standard InChI is InChI=1S/C23H27NO6/c1-14(2)18-9-6-15(3)10-20(18)29-13-22(26)30-12-21(25)24-19-11-17(23(27)28-5)8-7-16(19)4/h6-11,14H,12-13H2,1-5H3,(H,24,25). The monoisotopic (exact) mass is 413 g/mol. The highest BCUT2D eigenvalue weighted by molar-refractivity contribution is 5.96. The Morgan fingerprint density at radius 1 is 1.00 bits per heavy atom. The van der Waals surface area contributed by atoms with Crippen molar-refractivity contribution >= 4 is 23.5 Å². The number of methoxy groups -OCH3 is 1. The van der Waals surface area contributed by atoms with E-state index in [4.69, 9.17) is 9.47 Å². The van der Waals surface area contributed by atoms with Crippen LogP contribution in [-0.4, -0.2) is 38.2 Å². The van der Waals surface area contributed by atoms with Gasteiger partial charge in [-0.1, -0.05) is 32.0 Å². The normalized spacial score (nSPS) is 10.5. The molecule has 7 nitrogen and oxygen atoms in total. The summed E-state index contributed by atoms with van der Waals surface area (Å²) in [5.74, 6) is -0.813. The van der Waals surface area contributed by atoms with E-state index in [1.165, 1.54) is 13.2 Å². The number of esters is 2. The first-order chi connectivity index (χ1) is 14.2. The lowest BCUT2D eigenvalue weighted by Crippen LogP contribution is -2.24. The fourth-order valence-electron chi connectivity index (χ4n) is 2.76. The summed E-state index contributed by atoms with van der Waals surface area (Å²) in [6.45, 7) is 7.04. The van der Waals surface area contributed by atoms with Gasteiger partial charge in [0, 0.05) is 5.69 Å². The molecular formula is C23H27NO6. The zero-order chi connectivity index (χ0) is 22.3. The van der Waals surface area contributed by atoms with E-state index in [9.17, 15) is 14.4 Å². The Morgan fingerprint density at radius 3 is 2.40 bits per heavy atom. The van der Waals surface area contributed by atoms with Crippen molar-refractivity contribution < 1.29 is 28.6 Å². The van der Waals surface area contributed by atoms with Crippen molar-refractivity contribution in [1.29, 1.82) is 0 Å². The van der Waals surface area contributed by atoms with E-state index in [2.05, 4.69) is 10.1 Å². The highest BCUT2D eigenvalue weighted by Crippen LogP contribution is 2.27. The lowest BCUT2D eigenvalue weighted by molar-refractivity contribution is -0.149. The highest BCUT2D eigenvalue weighted by Gasteiger charge is 2.14. The Labute approximate surface area is 176 Å². The SMILES string of the molecule is COC(=O)c1ccc(C)c(NC(=O)COC(=O)COc2cc(C)ccc2C(C)C)c1. The number of carbonyl (C=O) groups is 3. The lowest BCUT2D eigenvalue weighted by Gasteiger charge is -2.14. The largest absolute Gasteiger partial charge is 0.482 e. The topological polar surface area (TPSA) is 90.9 Å². The molecule has 1 amide bonds. The van der Waals surface area contributed by atoms with Crippen molar-refractivity contribution in [3.8, 4) is 5.75 Å². The highest BCUT2D eigenvalue weighted by atomic mass is 16.6. The van der Waals surface area contributed by atoms with Gasteiger partial charge < -0.3 is 19.5 Å². The number of aryl methyl sites for hydroxylation is 2. The van der Waals surface area contributed by atoms with E-state index in [0.29, 0.717) is 17.0 Å². The minimum atomic E-state index is -0.651. The van der Waals surface area contributed by atoms with Crippen molar-refractivity contribution in [3.05, 3.63) is 58.7 Å². The molecule has 0 saturated heterocycles. The second-order valence-corrected chi connectivity index (χ2v) is 7.21. The van der Waals surface area contributed by atoms with Crippen LogP contribution < -0.4 is 10.1 Å². The molecule has 0 bridgehead atoms. The van der Waals surface area contributed by atoms with Gasteiger partial charge in [0.2, 0.25) is 0 Å². The van der Waals surface area contributed by atoms with Gasteiger partial charge in [0.1, 0.15) is 5.75 Å². The van der Waals surface area contributed by atoms with Crippen molar-refractivity contribution in [2.24, 2.45) is 0 Å². The quantitative estimate of drug-likeness (QED) is 0.663. The molecule has 0 saturated carbocycles. The summed E-state index contributed by atoms with van der Waals surface area (Å²) in [7, 11) is 1.28. The van der Waals surface area contributed by atoms with Crippen molar-refractivity contribution in [2.45, 2.75) is 33.6 Å². The molecule has 0 fully saturated rings. The Bertz CT molecular complexity index is 935. The van der Waals surface area contributed by atoms with Gasteiger partial charge in [-0.3, -0.25) is 4.79 Å². The van der Waals surface area contributed by atoms with E-state index in [1.807, 2.05) is 39.0 Å². The molecule has 0 aromatic heterocycles. The van der Waals surface area contributed by atoms with Crippen LogP contribution >= 0.6 is 0 Å². The molecule has 0 atom stereocenters. The van der Waals surface area contributed by atoms with Crippen LogP contribution in [0.1, 0.15) is 46.8 Å². The molecule has 2 aromatic rings. The van der Waals surface area contributed by atoms with Gasteiger partial charge in [-0.05, 0) is 54.7 Å². The van der Waals surface area contributed by atoms with Gasteiger partial charge in [0.15, 0.2) is 13.2 Å². The average Bonchev–Trinajstić information content (AvgIpc) is 2.71. The van der Waals surface area contributed by atoms with Crippen LogP contribution in [0.4, 0.5) is 5.69 Å². The van der Waals surface area contributed by atoms with Crippen LogP contribution in [-0.2, 0) is 19.1 Å². The fraction of sp³-hybridized carbons (Fsp3) is 0.348. The first-order valence-corrected chi connectivity index (χ1v) is 9.59. The summed E-state index contributed by atoms with van der Waals surface area (Å²) < 4.78 is 15.3. The lowest BCUT2D eigenvalue weighted by atomic mass is 10.0. The summed E-state index contributed by atoms with van der Waals surface area (Å²) in [5.41, 5.74) is 3.52. The summed E-state index contributed by atoms with van der Waals surface area (Å²) >= 11 is 0. The van der Waals surface area contributed by atoms with E-state index in [1.54, 1.807) is 19.1 Å². The summed E-state index contributed by atoms with van der Waals surface area (Å²) in [5, 5.41) is 2.63. The van der Waals surface area contributed by atoms with Crippen molar-refractivity contribution in [2.75, 3.05) is 25.6 Å². The van der Waals surface area contributed by atoms with E-state index < -0.39 is 24.5 Å². The summed E-state index contributed by atoms with van der Waals surface area (Å²) in [6.07, 6.45) is 0. The Hall–Kier alpha value is -3.35. The molecule has 0 aliphatic rings. The minimum absolute atomic E-state index is 0.242. The molecule has 7 heteroatoms. The number of carbonyl (C=O) groups excluding carboxylic acids is 3. The van der Waals surface area contributed by atoms with Gasteiger partial charge >= 0.3 is 11.9 Å². The van der Waals surface area contributed by atoms with Crippen LogP contribution in [0.2, 0.25) is 0 Å². The Morgan fingerprint density at radius 2 is 1.73 bits per heavy atom. The number of anilines is 1. The predicted octanol–water partition coefficient (Wildman–Crippen LogP) is 3.77. The molecule has 0 radical (unpaired) electrons. The molecule has 30 heavy (non-hydrogen) atoms. The van der Waals surface area contributed by atoms with E-state index in [-0.39, 0.29) is 12.5 Å². The number of nitrogens with one attached hydrogen (secondary N) is 1. The van der Waals surface area contributed by atoms with Crippen LogP contribution in [0, 0.1) is 13.8 Å². The number of hydrogen-bond donors (Lipinski definition) is 1. The maximum atomic E-state index is 12.1. The fourth-order valence-corrected chi connectivity index (χ4v) is 2.76. The number of benzene rings is 2. The molecule has 2 aromatic carbocycles. The van der Waals surface area contributed by atoms with Gasteiger partial charge in [-0.25, -0.2) is 9.59 Å². The van der Waals surface area contributed by atoms with Crippen LogP contribution in [0.3, 0.4) is 0 Å². The number of hydrogen-bond acceptors (Lipinski definition) is 6. The molecule has 0 spiro atoms. The Balaban J connectivity index is 1.89. The molecular weight excluding hydrogens is 386 g/mol. The van der Waals surface area contributed by atoms with Crippen LogP contribution in [0.15, 0.2) is 36.4 Å². The molecule has 160 valence electrons. The zero-order valence-electron chi connectivity index (χ0n) is 17.9. The molecule has 0 heterocycles. The summed E-state index contributed by atoms with van der Waals surface area (Å²) in [6, 6.07) is 10.6. The van der Waals surface area contributed by atoms with Gasteiger partial charge in [-0.15, -0.1) is 0 Å². The number of ether oxygens (including phenoxy) is 3. The van der Waals surface area contributed by atoms with Crippen LogP contribution in [0.25, 0.3) is 0 Å². The third-order valence-corrected chi connectivity index (χ3v) is 4.43. The Kier molecular flexibility index (Phi) is 7.98. The van der Waals surface area contributed by atoms with E-state index in [0.717, 1.165) is 16.7 Å². The summed E-state index contributed by atoms with van der Waals surface area (Å²) in [4.78, 5) is 35.8. The van der Waals surface area contributed by atoms with Gasteiger partial charge in [-0.2, -0.15) is 0 Å². The molecule has 2 rings (SSSR count). The van der Waals surface area contributed by atoms with E-state index >= 15 is 0 Å². The third-order valence-electron chi connectivity index (χ3n) is 4.43. The smallest absolute Gasteiger partial charge is 0.344 e. The zero-order valence-corrected chi connectivity index (χ0v) is 17.9. The number of amides is 1. The van der Waals surface area contributed by atoms with Gasteiger partial charge in [0.25, 0.3) is 5.91 Å². The molecule has 0 aliphatic carbocycles. The molecule has 1 N–H and O–H groups in total. The molecule has 0 unspecified atom stereocenters. The first kappa shape index (κ1) is 22.9. The first-order valence-electron chi connectivity index (χ1n) is 9.59. The number of rotatable bonds is 8. The molecule has 0 aliphatic heterocycles. The maximum Gasteiger partial charge on any atom is 0.344 e. The van der Waals surface area contributed by atoms with Crippen molar-refractivity contribution in [3.63, 3.8) is 0 Å². The second kappa shape index (κ2) is 10.4. The second-order valence-electron chi connectivity index (χ2n) is 7.21. The third kappa shape index (κ3) is 6.34. The van der Waals surface area contributed by atoms with Crippen molar-refractivity contribution in [1.82, 2.24) is 0 Å². The average molecular weight is 413 g/mol. The minimum Gasteiger partial charge on any atom is -0.482 e. The van der Waals surface area contributed by atoms with Crippen LogP contribution in [0.5, 0.6) is 5.75 Å². The maximum absolute atomic E-state index is 12.1. The van der Waals surface area contributed by atoms with Gasteiger partial charge in [0.05, 0.1) is 12.7 Å². The predicted molar refractivity (Wildman–Crippen MR) is 113 cm³/mol.